The highest BCUT2D eigenvalue weighted by molar-refractivity contribution is 8.18. The van der Waals surface area contributed by atoms with E-state index in [4.69, 9.17) is 13.9 Å². The summed E-state index contributed by atoms with van der Waals surface area (Å²) < 4.78 is 20.1. The predicted molar refractivity (Wildman–Crippen MR) is 103 cm³/mol. The van der Waals surface area contributed by atoms with Crippen molar-refractivity contribution in [2.45, 2.75) is 6.54 Å². The van der Waals surface area contributed by atoms with Crippen molar-refractivity contribution in [2.24, 2.45) is 0 Å². The maximum atomic E-state index is 12.7. The lowest BCUT2D eigenvalue weighted by molar-refractivity contribution is -0.123. The van der Waals surface area contributed by atoms with Gasteiger partial charge < -0.3 is 23.7 Å². The number of esters is 1. The maximum absolute atomic E-state index is 12.7. The molecule has 10 heteroatoms. The van der Waals surface area contributed by atoms with Gasteiger partial charge in [0.05, 0.1) is 32.8 Å². The van der Waals surface area contributed by atoms with E-state index in [1.165, 1.54) is 51.7 Å². The van der Waals surface area contributed by atoms with Gasteiger partial charge in [-0.15, -0.1) is 0 Å². The molecule has 1 saturated heterocycles. The van der Waals surface area contributed by atoms with E-state index in [9.17, 15) is 19.5 Å². The molecule has 1 aliphatic heterocycles. The zero-order valence-electron chi connectivity index (χ0n) is 15.8. The molecule has 1 aromatic heterocycles. The quantitative estimate of drug-likeness (QED) is 0.557. The van der Waals surface area contributed by atoms with E-state index in [0.717, 1.165) is 16.7 Å². The summed E-state index contributed by atoms with van der Waals surface area (Å²) in [6.07, 6.45) is 1.50. The number of benzene rings is 1. The Balaban J connectivity index is 1.83. The number of carbonyl (C=O) groups is 3. The smallest absolute Gasteiger partial charge is 0.373 e. The second kappa shape index (κ2) is 8.31. The number of rotatable bonds is 6. The summed E-state index contributed by atoms with van der Waals surface area (Å²) in [6, 6.07) is 5.93. The fourth-order valence-electron chi connectivity index (χ4n) is 2.61. The molecule has 9 nitrogen and oxygen atoms in total. The van der Waals surface area contributed by atoms with E-state index >= 15 is 0 Å². The number of carbonyl (C=O) groups excluding carboxylic acids is 3. The van der Waals surface area contributed by atoms with E-state index in [-0.39, 0.29) is 40.2 Å². The van der Waals surface area contributed by atoms with Crippen LogP contribution < -0.4 is 9.47 Å². The highest BCUT2D eigenvalue weighted by Gasteiger charge is 2.36. The average molecular weight is 419 g/mol. The first-order valence-electron chi connectivity index (χ1n) is 8.25. The van der Waals surface area contributed by atoms with Crippen LogP contribution in [-0.2, 0) is 16.1 Å². The molecule has 0 aliphatic carbocycles. The molecule has 152 valence electrons. The molecular weight excluding hydrogens is 402 g/mol. The Bertz CT molecular complexity index is 984. The van der Waals surface area contributed by atoms with Gasteiger partial charge in [0.2, 0.25) is 11.5 Å². The number of aromatic hydroxyl groups is 1. The molecule has 29 heavy (non-hydrogen) atoms. The number of phenols is 1. The zero-order valence-corrected chi connectivity index (χ0v) is 16.6. The van der Waals surface area contributed by atoms with Gasteiger partial charge >= 0.3 is 5.97 Å². The second-order valence-electron chi connectivity index (χ2n) is 5.80. The van der Waals surface area contributed by atoms with Crippen LogP contribution in [0.3, 0.4) is 0 Å². The SMILES string of the molecule is COC(=O)c1ccc(CN2C(=O)SC(=Cc3cc(OC)c(O)c(OC)c3)C2=O)o1. The minimum atomic E-state index is -0.652. The Morgan fingerprint density at radius 1 is 1.17 bits per heavy atom. The summed E-state index contributed by atoms with van der Waals surface area (Å²) in [5.74, 6) is -0.751. The molecule has 0 bridgehead atoms. The monoisotopic (exact) mass is 419 g/mol. The Kier molecular flexibility index (Phi) is 5.83. The van der Waals surface area contributed by atoms with Crippen LogP contribution in [0.1, 0.15) is 21.9 Å². The molecule has 1 N–H and O–H groups in total. The van der Waals surface area contributed by atoms with Gasteiger partial charge in [0.15, 0.2) is 11.5 Å². The number of hydrogen-bond donors (Lipinski definition) is 1. The second-order valence-corrected chi connectivity index (χ2v) is 6.79. The molecule has 1 aromatic carbocycles. The highest BCUT2D eigenvalue weighted by Crippen LogP contribution is 2.39. The molecule has 2 heterocycles. The Hall–Kier alpha value is -3.40. The topological polar surface area (TPSA) is 116 Å². The summed E-state index contributed by atoms with van der Waals surface area (Å²) in [6.45, 7) is -0.124. The van der Waals surface area contributed by atoms with E-state index < -0.39 is 17.1 Å². The van der Waals surface area contributed by atoms with Crippen molar-refractivity contribution in [3.8, 4) is 17.2 Å². The van der Waals surface area contributed by atoms with Crippen LogP contribution in [-0.4, -0.2) is 48.5 Å². The summed E-state index contributed by atoms with van der Waals surface area (Å²) in [7, 11) is 4.00. The maximum Gasteiger partial charge on any atom is 0.373 e. The van der Waals surface area contributed by atoms with Gasteiger partial charge in [-0.2, -0.15) is 0 Å². The molecule has 1 aliphatic rings. The molecule has 1 fully saturated rings. The van der Waals surface area contributed by atoms with Crippen molar-refractivity contribution in [1.82, 2.24) is 4.90 Å². The van der Waals surface area contributed by atoms with Crippen LogP contribution in [0.4, 0.5) is 4.79 Å². The molecule has 0 unspecified atom stereocenters. The van der Waals surface area contributed by atoms with Gasteiger partial charge in [-0.25, -0.2) is 4.79 Å². The molecule has 0 spiro atoms. The summed E-state index contributed by atoms with van der Waals surface area (Å²) in [4.78, 5) is 37.6. The highest BCUT2D eigenvalue weighted by atomic mass is 32.2. The van der Waals surface area contributed by atoms with Crippen LogP contribution >= 0.6 is 11.8 Å². The first kappa shape index (κ1) is 20.3. The summed E-state index contributed by atoms with van der Waals surface area (Å²) in [5.41, 5.74) is 0.507. The molecule has 0 saturated carbocycles. The lowest BCUT2D eigenvalue weighted by atomic mass is 10.1. The number of hydrogen-bond acceptors (Lipinski definition) is 9. The average Bonchev–Trinajstić information content (AvgIpc) is 3.29. The van der Waals surface area contributed by atoms with Gasteiger partial charge in [-0.3, -0.25) is 14.5 Å². The third-order valence-corrected chi connectivity index (χ3v) is 4.94. The molecule has 0 radical (unpaired) electrons. The standard InChI is InChI=1S/C19H17NO8S/c1-25-13-6-10(7-14(26-2)16(13)21)8-15-17(22)20(19(24)29-15)9-11-4-5-12(28-11)18(23)27-3/h4-8,21H,9H2,1-3H3. The number of imide groups is 1. The first-order chi connectivity index (χ1) is 13.9. The van der Waals surface area contributed by atoms with Crippen LogP contribution in [0.5, 0.6) is 17.2 Å². The number of nitrogens with zero attached hydrogens (tertiary/aromatic N) is 1. The predicted octanol–water partition coefficient (Wildman–Crippen LogP) is 3.03. The lowest BCUT2D eigenvalue weighted by Crippen LogP contribution is -2.27. The lowest BCUT2D eigenvalue weighted by Gasteiger charge is -2.10. The van der Waals surface area contributed by atoms with Crippen molar-refractivity contribution in [2.75, 3.05) is 21.3 Å². The Labute approximate surface area is 169 Å². The largest absolute Gasteiger partial charge is 0.502 e. The van der Waals surface area contributed by atoms with Gasteiger partial charge in [0.25, 0.3) is 11.1 Å². The normalized spacial score (nSPS) is 15.1. The minimum Gasteiger partial charge on any atom is -0.502 e. The molecule has 3 rings (SSSR count). The van der Waals surface area contributed by atoms with Crippen molar-refractivity contribution in [3.05, 3.63) is 46.3 Å². The number of methoxy groups -OCH3 is 3. The molecular formula is C19H17NO8S. The van der Waals surface area contributed by atoms with Gasteiger partial charge in [-0.1, -0.05) is 0 Å². The van der Waals surface area contributed by atoms with E-state index in [1.54, 1.807) is 0 Å². The van der Waals surface area contributed by atoms with Crippen molar-refractivity contribution in [3.63, 3.8) is 0 Å². The van der Waals surface area contributed by atoms with Crippen LogP contribution in [0.2, 0.25) is 0 Å². The Morgan fingerprint density at radius 2 is 1.83 bits per heavy atom. The third-order valence-electron chi connectivity index (χ3n) is 4.04. The molecule has 2 aromatic rings. The number of furan rings is 1. The minimum absolute atomic E-state index is 0.0201. The van der Waals surface area contributed by atoms with E-state index in [0.29, 0.717) is 5.56 Å². The number of thioether (sulfide) groups is 1. The van der Waals surface area contributed by atoms with Gasteiger partial charge in [0, 0.05) is 0 Å². The Morgan fingerprint density at radius 3 is 2.41 bits per heavy atom. The van der Waals surface area contributed by atoms with Crippen LogP contribution in [0.15, 0.2) is 33.6 Å². The fraction of sp³-hybridized carbons (Fsp3) is 0.211. The van der Waals surface area contributed by atoms with Crippen molar-refractivity contribution < 1.29 is 38.1 Å². The zero-order chi connectivity index (χ0) is 21.1. The van der Waals surface area contributed by atoms with Gasteiger partial charge in [-0.05, 0) is 47.7 Å². The van der Waals surface area contributed by atoms with Gasteiger partial charge in [0.1, 0.15) is 5.76 Å². The third kappa shape index (κ3) is 4.06. The summed E-state index contributed by atoms with van der Waals surface area (Å²) in [5, 5.41) is 9.51. The number of phenolic OH excluding ortho intramolecular Hbond substituents is 1. The fourth-order valence-corrected chi connectivity index (χ4v) is 3.45. The summed E-state index contributed by atoms with van der Waals surface area (Å²) >= 11 is 0.766. The van der Waals surface area contributed by atoms with Crippen molar-refractivity contribution >= 4 is 35.0 Å². The van der Waals surface area contributed by atoms with Crippen LogP contribution in [0.25, 0.3) is 6.08 Å². The number of ether oxygens (including phenoxy) is 3. The molecule has 2 amide bonds. The van der Waals surface area contributed by atoms with Crippen molar-refractivity contribution in [1.29, 1.82) is 0 Å². The first-order valence-corrected chi connectivity index (χ1v) is 9.07. The van der Waals surface area contributed by atoms with E-state index in [1.807, 2.05) is 0 Å². The number of amides is 2. The molecule has 0 atom stereocenters. The van der Waals surface area contributed by atoms with E-state index in [2.05, 4.69) is 4.74 Å². The van der Waals surface area contributed by atoms with Crippen LogP contribution in [0, 0.1) is 0 Å².